The van der Waals surface area contributed by atoms with Crippen LogP contribution < -0.4 is 10.5 Å². The minimum absolute atomic E-state index is 0.260. The number of rotatable bonds is 3. The normalized spacial score (nSPS) is 12.2. The average molecular weight is 243 g/mol. The van der Waals surface area contributed by atoms with Crippen molar-refractivity contribution in [3.63, 3.8) is 0 Å². The number of nitrogens with two attached hydrogens (primary N) is 1. The molecule has 1 aromatic heterocycles. The van der Waals surface area contributed by atoms with E-state index in [1.165, 1.54) is 11.1 Å². The maximum absolute atomic E-state index is 6.22. The Kier molecular flexibility index (Phi) is 3.58. The van der Waals surface area contributed by atoms with Crippen LogP contribution in [0.4, 0.5) is 0 Å². The van der Waals surface area contributed by atoms with Crippen LogP contribution in [-0.4, -0.2) is 17.3 Å². The highest BCUT2D eigenvalue weighted by Gasteiger charge is 2.13. The van der Waals surface area contributed by atoms with Crippen LogP contribution in [0.1, 0.15) is 28.4 Å². The number of hydrogen-bond acceptors (Lipinski definition) is 4. The van der Waals surface area contributed by atoms with Gasteiger partial charge >= 0.3 is 0 Å². The van der Waals surface area contributed by atoms with Gasteiger partial charge in [-0.2, -0.15) is 0 Å². The molecule has 2 N–H and O–H groups in total. The Morgan fingerprint density at radius 1 is 1.11 bits per heavy atom. The number of nitrogens with zero attached hydrogens (tertiary/aromatic N) is 2. The van der Waals surface area contributed by atoms with E-state index in [4.69, 9.17) is 10.5 Å². The van der Waals surface area contributed by atoms with Crippen molar-refractivity contribution in [2.24, 2.45) is 5.73 Å². The van der Waals surface area contributed by atoms with Gasteiger partial charge in [0, 0.05) is 6.07 Å². The second-order valence-electron chi connectivity index (χ2n) is 4.34. The average Bonchev–Trinajstić information content (AvgIpc) is 2.38. The summed E-state index contributed by atoms with van der Waals surface area (Å²) in [7, 11) is 1.56. The predicted molar refractivity (Wildman–Crippen MR) is 70.5 cm³/mol. The van der Waals surface area contributed by atoms with E-state index < -0.39 is 0 Å². The van der Waals surface area contributed by atoms with Gasteiger partial charge in [-0.3, -0.25) is 0 Å². The number of benzene rings is 1. The van der Waals surface area contributed by atoms with Gasteiger partial charge in [0.1, 0.15) is 0 Å². The molecule has 0 fully saturated rings. The van der Waals surface area contributed by atoms with Gasteiger partial charge in [-0.25, -0.2) is 0 Å². The van der Waals surface area contributed by atoms with E-state index >= 15 is 0 Å². The third-order valence-corrected chi connectivity index (χ3v) is 2.95. The molecule has 0 aliphatic heterocycles. The van der Waals surface area contributed by atoms with Crippen LogP contribution in [0.25, 0.3) is 0 Å². The molecule has 0 saturated heterocycles. The Bertz CT molecular complexity index is 537. The third kappa shape index (κ3) is 2.49. The largest absolute Gasteiger partial charge is 0.480 e. The molecule has 18 heavy (non-hydrogen) atoms. The molecule has 2 aromatic rings. The molecule has 0 amide bonds. The van der Waals surface area contributed by atoms with Crippen LogP contribution >= 0.6 is 0 Å². The smallest absolute Gasteiger partial charge is 0.233 e. The topological polar surface area (TPSA) is 61.0 Å². The number of hydrogen-bond donors (Lipinski definition) is 1. The first-order valence-corrected chi connectivity index (χ1v) is 5.82. The van der Waals surface area contributed by atoms with E-state index in [-0.39, 0.29) is 6.04 Å². The Morgan fingerprint density at radius 2 is 1.89 bits per heavy atom. The quantitative estimate of drug-likeness (QED) is 0.897. The van der Waals surface area contributed by atoms with Gasteiger partial charge in [0.2, 0.25) is 5.88 Å². The predicted octanol–water partition coefficient (Wildman–Crippen LogP) is 2.15. The van der Waals surface area contributed by atoms with Gasteiger partial charge in [0.25, 0.3) is 0 Å². The van der Waals surface area contributed by atoms with Gasteiger partial charge in [0.15, 0.2) is 0 Å². The molecule has 0 saturated carbocycles. The van der Waals surface area contributed by atoms with Crippen LogP contribution in [-0.2, 0) is 0 Å². The Labute approximate surface area is 107 Å². The van der Waals surface area contributed by atoms with Crippen LogP contribution in [0.5, 0.6) is 5.88 Å². The third-order valence-electron chi connectivity index (χ3n) is 2.95. The van der Waals surface area contributed by atoms with Gasteiger partial charge in [0.05, 0.1) is 18.8 Å². The minimum atomic E-state index is -0.260. The zero-order valence-electron chi connectivity index (χ0n) is 10.8. The summed E-state index contributed by atoms with van der Waals surface area (Å²) in [5, 5.41) is 8.03. The lowest BCUT2D eigenvalue weighted by atomic mass is 9.98. The Balaban J connectivity index is 2.31. The van der Waals surface area contributed by atoms with E-state index in [1.54, 1.807) is 13.2 Å². The summed E-state index contributed by atoms with van der Waals surface area (Å²) in [4.78, 5) is 0. The zero-order chi connectivity index (χ0) is 13.1. The molecular formula is C14H17N3O. The van der Waals surface area contributed by atoms with Crippen LogP contribution in [0.15, 0.2) is 30.3 Å². The van der Waals surface area contributed by atoms with Crippen LogP contribution in [0.3, 0.4) is 0 Å². The summed E-state index contributed by atoms with van der Waals surface area (Å²) < 4.78 is 4.98. The molecule has 1 atom stereocenters. The fourth-order valence-electron chi connectivity index (χ4n) is 1.94. The van der Waals surface area contributed by atoms with Crippen molar-refractivity contribution < 1.29 is 4.74 Å². The summed E-state index contributed by atoms with van der Waals surface area (Å²) in [6, 6.07) is 9.57. The molecule has 0 bridgehead atoms. The fourth-order valence-corrected chi connectivity index (χ4v) is 1.94. The van der Waals surface area contributed by atoms with Crippen molar-refractivity contribution in [2.45, 2.75) is 19.9 Å². The first-order valence-electron chi connectivity index (χ1n) is 5.82. The second kappa shape index (κ2) is 5.14. The van der Waals surface area contributed by atoms with Crippen molar-refractivity contribution in [1.82, 2.24) is 10.2 Å². The molecule has 0 radical (unpaired) electrons. The highest BCUT2D eigenvalue weighted by Crippen LogP contribution is 2.22. The monoisotopic (exact) mass is 243 g/mol. The molecular weight excluding hydrogens is 226 g/mol. The van der Waals surface area contributed by atoms with Crippen molar-refractivity contribution in [2.75, 3.05) is 7.11 Å². The highest BCUT2D eigenvalue weighted by atomic mass is 16.5. The van der Waals surface area contributed by atoms with Crippen molar-refractivity contribution in [1.29, 1.82) is 0 Å². The van der Waals surface area contributed by atoms with Crippen molar-refractivity contribution in [3.05, 3.63) is 52.7 Å². The van der Waals surface area contributed by atoms with Crippen molar-refractivity contribution in [3.8, 4) is 5.88 Å². The molecule has 0 spiro atoms. The lowest BCUT2D eigenvalue weighted by Gasteiger charge is -2.14. The zero-order valence-corrected chi connectivity index (χ0v) is 10.8. The molecule has 4 heteroatoms. The summed E-state index contributed by atoms with van der Waals surface area (Å²) in [5.74, 6) is 0.492. The SMILES string of the molecule is COc1ccc(C(N)c2ccc(C)cc2C)nn1. The summed E-state index contributed by atoms with van der Waals surface area (Å²) >= 11 is 0. The molecule has 1 aromatic carbocycles. The molecule has 0 aliphatic rings. The van der Waals surface area contributed by atoms with Crippen LogP contribution in [0, 0.1) is 13.8 Å². The maximum Gasteiger partial charge on any atom is 0.233 e. The van der Waals surface area contributed by atoms with E-state index in [1.807, 2.05) is 12.1 Å². The molecule has 2 rings (SSSR count). The molecule has 0 aliphatic carbocycles. The Morgan fingerprint density at radius 3 is 2.44 bits per heavy atom. The van der Waals surface area contributed by atoms with Crippen LogP contribution in [0.2, 0.25) is 0 Å². The highest BCUT2D eigenvalue weighted by molar-refractivity contribution is 5.36. The molecule has 1 heterocycles. The number of aryl methyl sites for hydroxylation is 2. The van der Waals surface area contributed by atoms with Gasteiger partial charge < -0.3 is 10.5 Å². The summed E-state index contributed by atoms with van der Waals surface area (Å²) in [5.41, 5.74) is 10.4. The van der Waals surface area contributed by atoms with Gasteiger partial charge in [-0.05, 0) is 31.0 Å². The fraction of sp³-hybridized carbons (Fsp3) is 0.286. The summed E-state index contributed by atoms with van der Waals surface area (Å²) in [6.07, 6.45) is 0. The minimum Gasteiger partial charge on any atom is -0.480 e. The number of ether oxygens (including phenoxy) is 1. The van der Waals surface area contributed by atoms with E-state index in [0.717, 1.165) is 11.3 Å². The first-order chi connectivity index (χ1) is 8.61. The maximum atomic E-state index is 6.22. The second-order valence-corrected chi connectivity index (χ2v) is 4.34. The van der Waals surface area contributed by atoms with Gasteiger partial charge in [-0.15, -0.1) is 10.2 Å². The number of aromatic nitrogens is 2. The van der Waals surface area contributed by atoms with Crippen molar-refractivity contribution >= 4 is 0 Å². The van der Waals surface area contributed by atoms with Gasteiger partial charge in [-0.1, -0.05) is 23.8 Å². The van der Waals surface area contributed by atoms with E-state index in [2.05, 4.69) is 36.2 Å². The lowest BCUT2D eigenvalue weighted by Crippen LogP contribution is -2.15. The number of methoxy groups -OCH3 is 1. The Hall–Kier alpha value is -1.94. The summed E-state index contributed by atoms with van der Waals surface area (Å²) in [6.45, 7) is 4.12. The standard InChI is InChI=1S/C14H17N3O/c1-9-4-5-11(10(2)8-9)14(15)12-6-7-13(18-3)17-16-12/h4-8,14H,15H2,1-3H3. The molecule has 4 nitrogen and oxygen atoms in total. The molecule has 1 unspecified atom stereocenters. The molecule has 94 valence electrons. The van der Waals surface area contributed by atoms with E-state index in [0.29, 0.717) is 5.88 Å². The first kappa shape index (κ1) is 12.5. The lowest BCUT2D eigenvalue weighted by molar-refractivity contribution is 0.390. The van der Waals surface area contributed by atoms with E-state index in [9.17, 15) is 0 Å².